The van der Waals surface area contributed by atoms with Crippen molar-refractivity contribution in [3.8, 4) is 11.3 Å². The zero-order valence-electron chi connectivity index (χ0n) is 9.44. The minimum Gasteiger partial charge on any atom is -0.325 e. The lowest BCUT2D eigenvalue weighted by atomic mass is 10.2. The Morgan fingerprint density at radius 3 is 2.94 bits per heavy atom. The summed E-state index contributed by atoms with van der Waals surface area (Å²) < 4.78 is 0. The predicted octanol–water partition coefficient (Wildman–Crippen LogP) is 4.03. The topological polar surface area (TPSA) is 38.9 Å². The van der Waals surface area contributed by atoms with E-state index in [1.165, 1.54) is 4.90 Å². The molecule has 1 aromatic carbocycles. The van der Waals surface area contributed by atoms with Gasteiger partial charge >= 0.3 is 0 Å². The van der Waals surface area contributed by atoms with E-state index in [-0.39, 0.29) is 0 Å². The van der Waals surface area contributed by atoms with Crippen LogP contribution in [0, 0.1) is 0 Å². The van der Waals surface area contributed by atoms with Gasteiger partial charge in [0.15, 0.2) is 0 Å². The van der Waals surface area contributed by atoms with Gasteiger partial charge in [-0.3, -0.25) is 0 Å². The number of rotatable bonds is 4. The van der Waals surface area contributed by atoms with E-state index in [9.17, 15) is 0 Å². The van der Waals surface area contributed by atoms with E-state index in [0.29, 0.717) is 6.54 Å². The molecule has 90 valence electrons. The quantitative estimate of drug-likeness (QED) is 0.862. The molecule has 0 fully saturated rings. The first kappa shape index (κ1) is 12.9. The number of nitrogens with zero attached hydrogens (tertiary/aromatic N) is 1. The van der Waals surface area contributed by atoms with E-state index < -0.39 is 0 Å². The highest BCUT2D eigenvalue weighted by Gasteiger charge is 2.09. The summed E-state index contributed by atoms with van der Waals surface area (Å²) in [5.74, 6) is 1.03. The van der Waals surface area contributed by atoms with Crippen molar-refractivity contribution in [2.75, 3.05) is 5.75 Å². The van der Waals surface area contributed by atoms with E-state index in [2.05, 4.69) is 11.9 Å². The lowest BCUT2D eigenvalue weighted by molar-refractivity contribution is 1.04. The Bertz CT molecular complexity index is 511. The normalized spacial score (nSPS) is 10.8. The molecule has 0 bridgehead atoms. The van der Waals surface area contributed by atoms with E-state index >= 15 is 0 Å². The maximum absolute atomic E-state index is 6.05. The van der Waals surface area contributed by atoms with Gasteiger partial charge in [0.25, 0.3) is 0 Å². The van der Waals surface area contributed by atoms with Gasteiger partial charge in [-0.1, -0.05) is 18.5 Å². The van der Waals surface area contributed by atoms with Crippen LogP contribution in [0.4, 0.5) is 0 Å². The summed E-state index contributed by atoms with van der Waals surface area (Å²) >= 11 is 9.43. The fraction of sp³-hybridized carbons (Fsp3) is 0.250. The largest absolute Gasteiger partial charge is 0.325 e. The Kier molecular flexibility index (Phi) is 4.45. The number of hydrogen-bond acceptors (Lipinski definition) is 4. The zero-order valence-corrected chi connectivity index (χ0v) is 11.8. The van der Waals surface area contributed by atoms with Crippen molar-refractivity contribution >= 4 is 34.7 Å². The number of thioether (sulfide) groups is 1. The minimum absolute atomic E-state index is 0.488. The first-order valence-corrected chi connectivity index (χ1v) is 7.56. The van der Waals surface area contributed by atoms with E-state index in [1.54, 1.807) is 23.1 Å². The molecule has 0 aliphatic rings. The molecule has 0 saturated heterocycles. The summed E-state index contributed by atoms with van der Waals surface area (Å²) in [6.45, 7) is 2.62. The van der Waals surface area contributed by atoms with Crippen LogP contribution in [-0.4, -0.2) is 10.7 Å². The molecule has 2 rings (SSSR count). The molecule has 0 amide bonds. The average Bonchev–Trinajstić information content (AvgIpc) is 2.80. The van der Waals surface area contributed by atoms with Crippen molar-refractivity contribution in [1.82, 2.24) is 4.98 Å². The number of halogens is 1. The number of thiazole rings is 1. The molecule has 1 heterocycles. The summed E-state index contributed by atoms with van der Waals surface area (Å²) in [5.41, 5.74) is 7.65. The second-order valence-corrected chi connectivity index (χ2v) is 6.09. The molecule has 5 heteroatoms. The molecule has 0 radical (unpaired) electrons. The number of aromatic nitrogens is 1. The Morgan fingerprint density at radius 1 is 1.47 bits per heavy atom. The van der Waals surface area contributed by atoms with Crippen LogP contribution in [0.15, 0.2) is 28.5 Å². The van der Waals surface area contributed by atoms with Gasteiger partial charge < -0.3 is 5.73 Å². The molecule has 2 aromatic rings. The molecule has 0 aliphatic carbocycles. The summed E-state index contributed by atoms with van der Waals surface area (Å²) in [6, 6.07) is 5.93. The molecule has 1 aromatic heterocycles. The van der Waals surface area contributed by atoms with Crippen LogP contribution in [-0.2, 0) is 6.54 Å². The van der Waals surface area contributed by atoms with Crippen molar-refractivity contribution in [1.29, 1.82) is 0 Å². The third kappa shape index (κ3) is 3.01. The molecular weight excluding hydrogens is 272 g/mol. The predicted molar refractivity (Wildman–Crippen MR) is 76.8 cm³/mol. The Labute approximate surface area is 114 Å². The highest BCUT2D eigenvalue weighted by Crippen LogP contribution is 2.34. The van der Waals surface area contributed by atoms with Gasteiger partial charge in [-0.2, -0.15) is 0 Å². The fourth-order valence-corrected chi connectivity index (χ4v) is 3.15. The second-order valence-electron chi connectivity index (χ2n) is 3.40. The van der Waals surface area contributed by atoms with Gasteiger partial charge in [0.05, 0.1) is 5.69 Å². The molecule has 2 nitrogen and oxygen atoms in total. The molecule has 0 saturated carbocycles. The van der Waals surface area contributed by atoms with Crippen molar-refractivity contribution in [3.63, 3.8) is 0 Å². The van der Waals surface area contributed by atoms with Crippen LogP contribution in [0.2, 0.25) is 5.02 Å². The highest BCUT2D eigenvalue weighted by atomic mass is 35.5. The lowest BCUT2D eigenvalue weighted by Gasteiger charge is -2.06. The minimum atomic E-state index is 0.488. The standard InChI is InChI=1S/C12H13ClN2S2/c1-2-16-11-4-3-8(13)5-9(11)10-7-17-12(6-14)15-10/h3-5,7H,2,6,14H2,1H3. The lowest BCUT2D eigenvalue weighted by Crippen LogP contribution is -1.94. The number of benzene rings is 1. The van der Waals surface area contributed by atoms with Gasteiger partial charge in [-0.25, -0.2) is 4.98 Å². The fourth-order valence-electron chi connectivity index (χ4n) is 1.51. The monoisotopic (exact) mass is 284 g/mol. The smallest absolute Gasteiger partial charge is 0.107 e. The molecule has 0 atom stereocenters. The zero-order chi connectivity index (χ0) is 12.3. The van der Waals surface area contributed by atoms with Crippen LogP contribution in [0.5, 0.6) is 0 Å². The second kappa shape index (κ2) is 5.87. The summed E-state index contributed by atoms with van der Waals surface area (Å²) in [5, 5.41) is 3.73. The summed E-state index contributed by atoms with van der Waals surface area (Å²) in [4.78, 5) is 5.72. The average molecular weight is 285 g/mol. The maximum atomic E-state index is 6.05. The number of hydrogen-bond donors (Lipinski definition) is 1. The first-order valence-electron chi connectivity index (χ1n) is 5.31. The SMILES string of the molecule is CCSc1ccc(Cl)cc1-c1csc(CN)n1. The van der Waals surface area contributed by atoms with Crippen LogP contribution >= 0.6 is 34.7 Å². The van der Waals surface area contributed by atoms with Crippen LogP contribution < -0.4 is 5.73 Å². The Balaban J connectivity index is 2.44. The molecule has 0 unspecified atom stereocenters. The number of nitrogens with two attached hydrogens (primary N) is 1. The molecule has 17 heavy (non-hydrogen) atoms. The first-order chi connectivity index (χ1) is 8.24. The van der Waals surface area contributed by atoms with Crippen LogP contribution in [0.3, 0.4) is 0 Å². The van der Waals surface area contributed by atoms with Crippen LogP contribution in [0.25, 0.3) is 11.3 Å². The van der Waals surface area contributed by atoms with Gasteiger partial charge in [-0.15, -0.1) is 23.1 Å². The van der Waals surface area contributed by atoms with Crippen molar-refractivity contribution in [2.24, 2.45) is 5.73 Å². The highest BCUT2D eigenvalue weighted by molar-refractivity contribution is 7.99. The third-order valence-electron chi connectivity index (χ3n) is 2.24. The van der Waals surface area contributed by atoms with Crippen molar-refractivity contribution < 1.29 is 0 Å². The van der Waals surface area contributed by atoms with E-state index in [4.69, 9.17) is 17.3 Å². The molecular formula is C12H13ClN2S2. The van der Waals surface area contributed by atoms with E-state index in [0.717, 1.165) is 27.0 Å². The summed E-state index contributed by atoms with van der Waals surface area (Å²) in [7, 11) is 0. The van der Waals surface area contributed by atoms with Gasteiger partial charge in [-0.05, 0) is 24.0 Å². The van der Waals surface area contributed by atoms with Gasteiger partial charge in [0.2, 0.25) is 0 Å². The maximum Gasteiger partial charge on any atom is 0.107 e. The van der Waals surface area contributed by atoms with Crippen molar-refractivity contribution in [2.45, 2.75) is 18.4 Å². The summed E-state index contributed by atoms with van der Waals surface area (Å²) in [6.07, 6.45) is 0. The third-order valence-corrected chi connectivity index (χ3v) is 4.31. The Hall–Kier alpha value is -0.550. The Morgan fingerprint density at radius 2 is 2.29 bits per heavy atom. The molecule has 0 aliphatic heterocycles. The van der Waals surface area contributed by atoms with E-state index in [1.807, 2.05) is 23.6 Å². The van der Waals surface area contributed by atoms with Crippen molar-refractivity contribution in [3.05, 3.63) is 33.6 Å². The van der Waals surface area contributed by atoms with Crippen LogP contribution in [0.1, 0.15) is 11.9 Å². The molecule has 2 N–H and O–H groups in total. The molecule has 0 spiro atoms. The van der Waals surface area contributed by atoms with Gasteiger partial charge in [0.1, 0.15) is 5.01 Å². The van der Waals surface area contributed by atoms with Gasteiger partial charge in [0, 0.05) is 27.4 Å².